The third-order valence-corrected chi connectivity index (χ3v) is 8.67. The van der Waals surface area contributed by atoms with E-state index >= 15 is 0 Å². The molecular weight excluding hydrogens is 570 g/mol. The van der Waals surface area contributed by atoms with Gasteiger partial charge in [0, 0.05) is 6.54 Å². The standard InChI is InChI=1S/C31H41N5O6S/c1-19(2)15-23(27(38)31(4)18-42-31)35-28(39)22(13-12-21-9-6-5-7-10-21)34-29(40)24-11-8-14-36(24)26(37)17-33-30(41)25-16-32-20(3)43-25/h5-7,9-10,16,19,22-24H,8,11-15,17-18H2,1-4H3,(H,33,41)(H,34,40)(H,35,39)/t22-,23-,24-,31+/m0/s1. The Labute approximate surface area is 256 Å². The van der Waals surface area contributed by atoms with Crippen LogP contribution in [0.25, 0.3) is 0 Å². The molecule has 232 valence electrons. The second kappa shape index (κ2) is 14.2. The van der Waals surface area contributed by atoms with E-state index in [2.05, 4.69) is 20.9 Å². The van der Waals surface area contributed by atoms with Crippen LogP contribution in [0.5, 0.6) is 0 Å². The number of ketones is 1. The van der Waals surface area contributed by atoms with Gasteiger partial charge >= 0.3 is 0 Å². The molecule has 1 aromatic heterocycles. The summed E-state index contributed by atoms with van der Waals surface area (Å²) in [5, 5.41) is 9.13. The molecule has 43 heavy (non-hydrogen) atoms. The molecule has 3 heterocycles. The van der Waals surface area contributed by atoms with Gasteiger partial charge in [0.2, 0.25) is 17.7 Å². The number of benzene rings is 1. The van der Waals surface area contributed by atoms with Gasteiger partial charge in [-0.3, -0.25) is 24.0 Å². The number of epoxide rings is 1. The molecule has 2 fully saturated rings. The van der Waals surface area contributed by atoms with Gasteiger partial charge in [-0.25, -0.2) is 4.98 Å². The number of carbonyl (C=O) groups excluding carboxylic acids is 5. The summed E-state index contributed by atoms with van der Waals surface area (Å²) in [5.74, 6) is -1.69. The van der Waals surface area contributed by atoms with Crippen LogP contribution in [-0.2, 0) is 30.3 Å². The molecule has 0 unspecified atom stereocenters. The molecule has 2 aliphatic heterocycles. The molecule has 4 rings (SSSR count). The van der Waals surface area contributed by atoms with Crippen molar-refractivity contribution >= 4 is 40.7 Å². The predicted octanol–water partition coefficient (Wildman–Crippen LogP) is 2.18. The summed E-state index contributed by atoms with van der Waals surface area (Å²) in [6, 6.07) is 7.19. The van der Waals surface area contributed by atoms with E-state index in [1.165, 1.54) is 22.4 Å². The molecule has 2 saturated heterocycles. The van der Waals surface area contributed by atoms with Gasteiger partial charge < -0.3 is 25.6 Å². The third kappa shape index (κ3) is 8.70. The lowest BCUT2D eigenvalue weighted by atomic mass is 9.93. The van der Waals surface area contributed by atoms with Crippen LogP contribution in [0.1, 0.15) is 66.7 Å². The number of aromatic nitrogens is 1. The molecule has 0 aliphatic carbocycles. The van der Waals surface area contributed by atoms with Gasteiger partial charge in [-0.15, -0.1) is 11.3 Å². The number of hydrogen-bond acceptors (Lipinski definition) is 8. The predicted molar refractivity (Wildman–Crippen MR) is 161 cm³/mol. The van der Waals surface area contributed by atoms with Gasteiger partial charge in [-0.2, -0.15) is 0 Å². The first kappa shape index (κ1) is 32.3. The van der Waals surface area contributed by atoms with Gasteiger partial charge in [-0.1, -0.05) is 44.2 Å². The number of aryl methyl sites for hydroxylation is 2. The number of Topliss-reactive ketones (excluding diaryl/α,β-unsaturated/α-hetero) is 1. The quantitative estimate of drug-likeness (QED) is 0.277. The maximum atomic E-state index is 13.6. The van der Waals surface area contributed by atoms with Crippen LogP contribution >= 0.6 is 11.3 Å². The summed E-state index contributed by atoms with van der Waals surface area (Å²) in [6.07, 6.45) is 3.81. The Morgan fingerprint density at radius 3 is 2.47 bits per heavy atom. The number of ether oxygens (including phenoxy) is 1. The molecule has 3 N–H and O–H groups in total. The summed E-state index contributed by atoms with van der Waals surface area (Å²) >= 11 is 1.23. The zero-order valence-corrected chi connectivity index (χ0v) is 26.0. The Morgan fingerprint density at radius 1 is 1.12 bits per heavy atom. The van der Waals surface area contributed by atoms with Crippen LogP contribution in [0.15, 0.2) is 36.5 Å². The number of hydrogen-bond donors (Lipinski definition) is 3. The highest BCUT2D eigenvalue weighted by atomic mass is 32.1. The molecule has 0 spiro atoms. The van der Waals surface area contributed by atoms with Crippen molar-refractivity contribution in [2.75, 3.05) is 19.7 Å². The maximum Gasteiger partial charge on any atom is 0.263 e. The van der Waals surface area contributed by atoms with Crippen LogP contribution < -0.4 is 16.0 Å². The molecule has 1 aromatic carbocycles. The van der Waals surface area contributed by atoms with Gasteiger partial charge in [0.1, 0.15) is 22.6 Å². The normalized spacial score (nSPS) is 20.8. The highest BCUT2D eigenvalue weighted by Crippen LogP contribution is 2.30. The highest BCUT2D eigenvalue weighted by Gasteiger charge is 2.50. The molecule has 0 radical (unpaired) electrons. The lowest BCUT2D eigenvalue weighted by molar-refractivity contribution is -0.139. The van der Waals surface area contributed by atoms with Crippen molar-refractivity contribution in [2.45, 2.75) is 83.5 Å². The highest BCUT2D eigenvalue weighted by molar-refractivity contribution is 7.13. The topological polar surface area (TPSA) is 150 Å². The molecule has 11 nitrogen and oxygen atoms in total. The average molecular weight is 612 g/mol. The summed E-state index contributed by atoms with van der Waals surface area (Å²) in [7, 11) is 0. The smallest absolute Gasteiger partial charge is 0.263 e. The fourth-order valence-electron chi connectivity index (χ4n) is 5.24. The first-order valence-corrected chi connectivity index (χ1v) is 15.6. The Balaban J connectivity index is 1.42. The number of nitrogens with zero attached hydrogens (tertiary/aromatic N) is 2. The van der Waals surface area contributed by atoms with E-state index in [0.29, 0.717) is 50.1 Å². The van der Waals surface area contributed by atoms with E-state index in [4.69, 9.17) is 4.74 Å². The van der Waals surface area contributed by atoms with Gasteiger partial charge in [0.15, 0.2) is 5.78 Å². The van der Waals surface area contributed by atoms with E-state index in [0.717, 1.165) is 10.6 Å². The van der Waals surface area contributed by atoms with Crippen molar-refractivity contribution in [2.24, 2.45) is 5.92 Å². The lowest BCUT2D eigenvalue weighted by Crippen LogP contribution is -2.57. The lowest BCUT2D eigenvalue weighted by Gasteiger charge is -2.28. The number of nitrogens with one attached hydrogen (secondary N) is 3. The molecule has 2 aliphatic rings. The van der Waals surface area contributed by atoms with Crippen molar-refractivity contribution in [3.05, 3.63) is 52.0 Å². The molecule has 0 bridgehead atoms. The summed E-state index contributed by atoms with van der Waals surface area (Å²) < 4.78 is 5.36. The SMILES string of the molecule is Cc1ncc(C(=O)NCC(=O)N2CCC[C@H]2C(=O)N[C@@H](CCc2ccccc2)C(=O)N[C@@H](CC(C)C)C(=O)[C@@]2(C)CO2)s1. The van der Waals surface area contributed by atoms with E-state index < -0.39 is 41.4 Å². The minimum absolute atomic E-state index is 0.146. The Hall–Kier alpha value is -3.64. The van der Waals surface area contributed by atoms with Crippen molar-refractivity contribution in [1.29, 1.82) is 0 Å². The monoisotopic (exact) mass is 611 g/mol. The third-order valence-electron chi connectivity index (χ3n) is 7.76. The van der Waals surface area contributed by atoms with Crippen LogP contribution in [0, 0.1) is 12.8 Å². The molecule has 4 amide bonds. The van der Waals surface area contributed by atoms with Crippen LogP contribution in [0.3, 0.4) is 0 Å². The minimum Gasteiger partial charge on any atom is -0.361 e. The van der Waals surface area contributed by atoms with E-state index in [1.807, 2.05) is 44.2 Å². The summed E-state index contributed by atoms with van der Waals surface area (Å²) in [6.45, 7) is 7.90. The van der Waals surface area contributed by atoms with Crippen molar-refractivity contribution < 1.29 is 28.7 Å². The molecule has 2 aromatic rings. The zero-order valence-electron chi connectivity index (χ0n) is 25.2. The van der Waals surface area contributed by atoms with Crippen molar-refractivity contribution in [1.82, 2.24) is 25.8 Å². The van der Waals surface area contributed by atoms with Crippen LogP contribution in [-0.4, -0.2) is 82.7 Å². The van der Waals surface area contributed by atoms with E-state index in [1.54, 1.807) is 13.8 Å². The second-order valence-electron chi connectivity index (χ2n) is 11.8. The minimum atomic E-state index is -0.921. The van der Waals surface area contributed by atoms with Crippen LogP contribution in [0.4, 0.5) is 0 Å². The van der Waals surface area contributed by atoms with E-state index in [-0.39, 0.29) is 24.2 Å². The van der Waals surface area contributed by atoms with Gasteiger partial charge in [0.05, 0.1) is 30.4 Å². The first-order valence-electron chi connectivity index (χ1n) is 14.8. The van der Waals surface area contributed by atoms with Gasteiger partial charge in [0.25, 0.3) is 5.91 Å². The summed E-state index contributed by atoms with van der Waals surface area (Å²) in [4.78, 5) is 71.7. The molecule has 4 atom stereocenters. The maximum absolute atomic E-state index is 13.6. The fraction of sp³-hybridized carbons (Fsp3) is 0.548. The molecular formula is C31H41N5O6S. The Bertz CT molecular complexity index is 1320. The van der Waals surface area contributed by atoms with Crippen LogP contribution in [0.2, 0.25) is 0 Å². The van der Waals surface area contributed by atoms with Crippen molar-refractivity contribution in [3.63, 3.8) is 0 Å². The average Bonchev–Trinajstić information content (AvgIpc) is 3.34. The largest absolute Gasteiger partial charge is 0.361 e. The second-order valence-corrected chi connectivity index (χ2v) is 13.1. The Morgan fingerprint density at radius 2 is 1.84 bits per heavy atom. The molecule has 12 heteroatoms. The zero-order chi connectivity index (χ0) is 31.1. The number of amides is 4. The number of carbonyl (C=O) groups is 5. The van der Waals surface area contributed by atoms with Gasteiger partial charge in [-0.05, 0) is 57.4 Å². The number of likely N-dealkylation sites (tertiary alicyclic amines) is 1. The van der Waals surface area contributed by atoms with E-state index in [9.17, 15) is 24.0 Å². The number of thiazole rings is 1. The molecule has 0 saturated carbocycles. The van der Waals surface area contributed by atoms with Crippen molar-refractivity contribution in [3.8, 4) is 0 Å². The Kier molecular flexibility index (Phi) is 10.7. The fourth-order valence-corrected chi connectivity index (χ4v) is 5.93. The number of rotatable bonds is 14. The first-order chi connectivity index (χ1) is 20.5. The summed E-state index contributed by atoms with van der Waals surface area (Å²) in [5.41, 5.74) is 0.113.